The minimum absolute atomic E-state index is 0.0318. The number of aliphatic hydroxyl groups is 2. The molecular weight excluding hydrogens is 1310 g/mol. The average Bonchev–Trinajstić information content (AvgIpc) is 0.976. The van der Waals surface area contributed by atoms with Gasteiger partial charge < -0.3 is 34.2 Å². The lowest BCUT2D eigenvalue weighted by atomic mass is 10.1. The zero-order valence-electron chi connectivity index (χ0n) is 62.5. The van der Waals surface area contributed by atoms with Crippen LogP contribution < -0.4 is 0 Å². The predicted molar refractivity (Wildman–Crippen MR) is 417 cm³/mol. The van der Waals surface area contributed by atoms with E-state index in [-0.39, 0.29) is 19.3 Å². The summed E-state index contributed by atoms with van der Waals surface area (Å²) in [6, 6.07) is 0. The molecule has 0 rings (SSSR count). The summed E-state index contributed by atoms with van der Waals surface area (Å²) in [5.41, 5.74) is 0. The molecule has 0 saturated heterocycles. The van der Waals surface area contributed by atoms with E-state index in [2.05, 4.69) is 173 Å². The third kappa shape index (κ3) is 75.9. The molecule has 0 bridgehead atoms. The second-order valence-electron chi connectivity index (χ2n) is 25.1. The number of phosphoric acid groups is 2. The fraction of sp³-hybridized carbons (Fsp3) is 0.627. The van der Waals surface area contributed by atoms with Crippen LogP contribution in [0.2, 0.25) is 0 Å². The van der Waals surface area contributed by atoms with Gasteiger partial charge in [0.2, 0.25) is 0 Å². The van der Waals surface area contributed by atoms with Crippen LogP contribution in [0.5, 0.6) is 0 Å². The fourth-order valence-electron chi connectivity index (χ4n) is 9.56. The van der Waals surface area contributed by atoms with E-state index in [0.29, 0.717) is 25.7 Å². The number of carbonyl (C=O) groups excluding carboxylic acids is 3. The summed E-state index contributed by atoms with van der Waals surface area (Å²) < 4.78 is 61.0. The Labute approximate surface area is 612 Å². The van der Waals surface area contributed by atoms with Crippen LogP contribution >= 0.6 is 15.6 Å². The standard InChI is InChI=1S/C83H136O16P2/c1-4-7-10-13-16-19-22-25-28-31-34-36-37-38-39-41-44-45-48-51-54-57-60-63-66-69-81(86)93-72-78(84)73-95-100(89,90)96-74-79(85)75-97-101(91,92)98-77-80(99-83(88)71-68-65-62-59-56-53-50-47-42-33-30-27-24-21-18-15-12-9-6-3)76-94-82(87)70-67-64-61-58-55-52-49-46-43-40-35-32-29-26-23-20-17-14-11-8-5-2/h9,12,16-21,25-30,34-36,38-40,42,46-47,49,53,56,62,65,78-80,84-85H,4-8,10-11,13-15,22-24,31-33,37,41,43-45,48,50-52,54-55,57-61,63-64,66-77H2,1-3H3,(H,89,90)(H,91,92)/b12-9-,19-16-,20-17-,21-18-,28-25-,29-26-,30-27-,36-34-,39-38-,40-35-,47-42-,49-46-,56-53-,65-62-. The molecule has 4 N–H and O–H groups in total. The number of phosphoric ester groups is 2. The quantitative estimate of drug-likeness (QED) is 0.0146. The smallest absolute Gasteiger partial charge is 0.463 e. The van der Waals surface area contributed by atoms with Crippen molar-refractivity contribution >= 4 is 33.6 Å². The van der Waals surface area contributed by atoms with Gasteiger partial charge in [0, 0.05) is 19.3 Å². The number of aliphatic hydroxyl groups excluding tert-OH is 2. The van der Waals surface area contributed by atoms with Gasteiger partial charge in [0.05, 0.1) is 26.4 Å². The van der Waals surface area contributed by atoms with Gasteiger partial charge in [0.25, 0.3) is 0 Å². The summed E-state index contributed by atoms with van der Waals surface area (Å²) in [6.07, 6.45) is 94.1. The molecular formula is C83H136O16P2. The van der Waals surface area contributed by atoms with Crippen molar-refractivity contribution in [2.45, 2.75) is 296 Å². The number of hydrogen-bond acceptors (Lipinski definition) is 14. The second-order valence-corrected chi connectivity index (χ2v) is 28.0. The van der Waals surface area contributed by atoms with Crippen LogP contribution in [0.3, 0.4) is 0 Å². The molecule has 5 unspecified atom stereocenters. The predicted octanol–water partition coefficient (Wildman–Crippen LogP) is 22.4. The molecule has 0 amide bonds. The second kappa shape index (κ2) is 74.6. The van der Waals surface area contributed by atoms with E-state index < -0.39 is 91.5 Å². The Kier molecular flexibility index (Phi) is 70.9. The number of unbranched alkanes of at least 4 members (excludes halogenated alkanes) is 20. The maximum atomic E-state index is 12.9. The molecule has 574 valence electrons. The first kappa shape index (κ1) is 95.9. The van der Waals surface area contributed by atoms with Crippen molar-refractivity contribution < 1.29 is 75.8 Å². The van der Waals surface area contributed by atoms with E-state index in [9.17, 15) is 43.5 Å². The highest BCUT2D eigenvalue weighted by Crippen LogP contribution is 2.45. The molecule has 0 aromatic carbocycles. The lowest BCUT2D eigenvalue weighted by molar-refractivity contribution is -0.161. The number of ether oxygens (including phenoxy) is 3. The molecule has 0 fully saturated rings. The maximum absolute atomic E-state index is 12.9. The molecule has 0 aliphatic rings. The van der Waals surface area contributed by atoms with E-state index in [1.54, 1.807) is 0 Å². The van der Waals surface area contributed by atoms with Gasteiger partial charge in [-0.25, -0.2) is 9.13 Å². The van der Waals surface area contributed by atoms with Gasteiger partial charge in [-0.05, 0) is 148 Å². The number of hydrogen-bond donors (Lipinski definition) is 4. The normalized spacial score (nSPS) is 15.0. The van der Waals surface area contributed by atoms with Crippen molar-refractivity contribution in [2.24, 2.45) is 0 Å². The first-order chi connectivity index (χ1) is 49.2. The molecule has 0 radical (unpaired) electrons. The minimum Gasteiger partial charge on any atom is -0.463 e. The van der Waals surface area contributed by atoms with Crippen LogP contribution in [0.15, 0.2) is 170 Å². The van der Waals surface area contributed by atoms with Crippen molar-refractivity contribution in [3.63, 3.8) is 0 Å². The summed E-state index contributed by atoms with van der Waals surface area (Å²) in [5.74, 6) is -1.71. The topological polar surface area (TPSA) is 231 Å². The van der Waals surface area contributed by atoms with Crippen molar-refractivity contribution in [1.29, 1.82) is 0 Å². The van der Waals surface area contributed by atoms with E-state index in [0.717, 1.165) is 141 Å². The Morgan fingerprint density at radius 2 is 0.545 bits per heavy atom. The van der Waals surface area contributed by atoms with Crippen LogP contribution in [0.1, 0.15) is 278 Å². The Morgan fingerprint density at radius 1 is 0.287 bits per heavy atom. The monoisotopic (exact) mass is 1450 g/mol. The Balaban J connectivity index is 4.75. The molecule has 18 heteroatoms. The van der Waals surface area contributed by atoms with Crippen LogP contribution in [-0.4, -0.2) is 95.9 Å². The Morgan fingerprint density at radius 3 is 0.871 bits per heavy atom. The summed E-state index contributed by atoms with van der Waals surface area (Å²) in [4.78, 5) is 58.6. The van der Waals surface area contributed by atoms with E-state index >= 15 is 0 Å². The molecule has 101 heavy (non-hydrogen) atoms. The van der Waals surface area contributed by atoms with Gasteiger partial charge in [-0.1, -0.05) is 281 Å². The maximum Gasteiger partial charge on any atom is 0.472 e. The molecule has 0 saturated carbocycles. The van der Waals surface area contributed by atoms with Crippen LogP contribution in [0.4, 0.5) is 0 Å². The van der Waals surface area contributed by atoms with Gasteiger partial charge in [0.15, 0.2) is 6.10 Å². The molecule has 0 spiro atoms. The summed E-state index contributed by atoms with van der Waals surface area (Å²) in [6.45, 7) is 2.37. The van der Waals surface area contributed by atoms with Crippen molar-refractivity contribution in [3.8, 4) is 0 Å². The molecule has 0 aromatic rings. The van der Waals surface area contributed by atoms with Gasteiger partial charge in [-0.3, -0.25) is 32.5 Å². The van der Waals surface area contributed by atoms with E-state index in [4.69, 9.17) is 32.3 Å². The van der Waals surface area contributed by atoms with Crippen molar-refractivity contribution in [3.05, 3.63) is 170 Å². The van der Waals surface area contributed by atoms with E-state index in [1.165, 1.54) is 70.6 Å². The molecule has 5 atom stereocenters. The van der Waals surface area contributed by atoms with E-state index in [1.807, 2.05) is 18.2 Å². The van der Waals surface area contributed by atoms with Crippen molar-refractivity contribution in [1.82, 2.24) is 0 Å². The van der Waals surface area contributed by atoms with Crippen LogP contribution in [0, 0.1) is 0 Å². The summed E-state index contributed by atoms with van der Waals surface area (Å²) in [7, 11) is -9.84. The van der Waals surface area contributed by atoms with Crippen molar-refractivity contribution in [2.75, 3.05) is 39.6 Å². The largest absolute Gasteiger partial charge is 0.472 e. The summed E-state index contributed by atoms with van der Waals surface area (Å²) in [5, 5.41) is 20.6. The average molecular weight is 1450 g/mol. The summed E-state index contributed by atoms with van der Waals surface area (Å²) >= 11 is 0. The first-order valence-corrected chi connectivity index (χ1v) is 41.4. The van der Waals surface area contributed by atoms with Gasteiger partial charge in [-0.15, -0.1) is 0 Å². The molecule has 16 nitrogen and oxygen atoms in total. The number of carbonyl (C=O) groups is 3. The van der Waals surface area contributed by atoms with Crippen LogP contribution in [-0.2, 0) is 55.8 Å². The lowest BCUT2D eigenvalue weighted by Crippen LogP contribution is -2.29. The SMILES string of the molecule is CC/C=C\C/C=C\C/C=C\C/C=C\C/C=C\C/C=C\CCC(=O)OC(COC(=O)CCCCCCC/C=C\C/C=C\C/C=C\C/C=C\CCCCC)COP(=O)(O)OCC(O)COP(=O)(O)OCC(O)COC(=O)CCCCCCCCCCC/C=C\C/C=C\C/C=C\C/C=C\CCCCC. The highest BCUT2D eigenvalue weighted by molar-refractivity contribution is 7.47. The minimum atomic E-state index is -4.96. The molecule has 0 aromatic heterocycles. The zero-order valence-corrected chi connectivity index (χ0v) is 64.3. The van der Waals surface area contributed by atoms with Gasteiger partial charge in [-0.2, -0.15) is 0 Å². The fourth-order valence-corrected chi connectivity index (χ4v) is 11.1. The first-order valence-electron chi connectivity index (χ1n) is 38.4. The Bertz CT molecular complexity index is 2520. The third-order valence-electron chi connectivity index (χ3n) is 15.4. The highest BCUT2D eigenvalue weighted by Gasteiger charge is 2.29. The highest BCUT2D eigenvalue weighted by atomic mass is 31.2. The van der Waals surface area contributed by atoms with Gasteiger partial charge >= 0.3 is 33.6 Å². The molecule has 0 aliphatic heterocycles. The zero-order chi connectivity index (χ0) is 73.7. The third-order valence-corrected chi connectivity index (χ3v) is 17.3. The van der Waals surface area contributed by atoms with Gasteiger partial charge in [0.1, 0.15) is 25.4 Å². The number of allylic oxidation sites excluding steroid dienone is 28. The number of esters is 3. The lowest BCUT2D eigenvalue weighted by Gasteiger charge is -2.21. The number of rotatable bonds is 71. The molecule has 0 heterocycles. The molecule has 0 aliphatic carbocycles. The Hall–Kier alpha value is -5.09. The van der Waals surface area contributed by atoms with Crippen LogP contribution in [0.25, 0.3) is 0 Å².